The summed E-state index contributed by atoms with van der Waals surface area (Å²) in [6.45, 7) is 5.91. The Morgan fingerprint density at radius 3 is 2.39 bits per heavy atom. The van der Waals surface area contributed by atoms with Crippen molar-refractivity contribution in [2.75, 3.05) is 7.05 Å². The summed E-state index contributed by atoms with van der Waals surface area (Å²) in [6, 6.07) is 3.86. The second kappa shape index (κ2) is 4.67. The quantitative estimate of drug-likeness (QED) is 0.915. The molecule has 0 spiro atoms. The number of hydrogen-bond donors (Lipinski definition) is 1. The van der Waals surface area contributed by atoms with Gasteiger partial charge in [-0.2, -0.15) is 0 Å². The van der Waals surface area contributed by atoms with Gasteiger partial charge in [-0.3, -0.25) is 0 Å². The third-order valence-electron chi connectivity index (χ3n) is 3.86. The molecule has 2 unspecified atom stereocenters. The summed E-state index contributed by atoms with van der Waals surface area (Å²) in [5.41, 5.74) is 2.92. The SMILES string of the molecule is CCCC1C(NC)c2c(C)ccc(C)c2S1(=O)=O. The van der Waals surface area contributed by atoms with E-state index in [0.29, 0.717) is 11.3 Å². The zero-order valence-electron chi connectivity index (χ0n) is 11.4. The molecule has 0 aliphatic carbocycles. The minimum atomic E-state index is -3.19. The van der Waals surface area contributed by atoms with E-state index in [-0.39, 0.29) is 11.3 Å². The maximum atomic E-state index is 12.7. The average molecular weight is 267 g/mol. The fourth-order valence-corrected chi connectivity index (χ4v) is 5.61. The van der Waals surface area contributed by atoms with Crippen LogP contribution in [-0.4, -0.2) is 20.7 Å². The molecule has 0 amide bonds. The van der Waals surface area contributed by atoms with E-state index >= 15 is 0 Å². The van der Waals surface area contributed by atoms with Crippen molar-refractivity contribution >= 4 is 9.84 Å². The molecule has 1 heterocycles. The molecule has 0 bridgehead atoms. The van der Waals surface area contributed by atoms with E-state index in [0.717, 1.165) is 23.1 Å². The Bertz CT molecular complexity index is 563. The maximum Gasteiger partial charge on any atom is 0.183 e. The molecule has 18 heavy (non-hydrogen) atoms. The van der Waals surface area contributed by atoms with Crippen molar-refractivity contribution in [3.63, 3.8) is 0 Å². The van der Waals surface area contributed by atoms with Gasteiger partial charge in [0.15, 0.2) is 9.84 Å². The normalized spacial score (nSPS) is 25.1. The van der Waals surface area contributed by atoms with E-state index < -0.39 is 9.84 Å². The molecule has 2 atom stereocenters. The van der Waals surface area contributed by atoms with Gasteiger partial charge < -0.3 is 5.32 Å². The van der Waals surface area contributed by atoms with Crippen LogP contribution >= 0.6 is 0 Å². The first kappa shape index (κ1) is 13.6. The summed E-state index contributed by atoms with van der Waals surface area (Å²) in [4.78, 5) is 0.570. The molecule has 1 aliphatic heterocycles. The van der Waals surface area contributed by atoms with Gasteiger partial charge in [-0.15, -0.1) is 0 Å². The van der Waals surface area contributed by atoms with Crippen LogP contribution in [0.2, 0.25) is 0 Å². The van der Waals surface area contributed by atoms with Gasteiger partial charge in [-0.05, 0) is 44.0 Å². The topological polar surface area (TPSA) is 46.2 Å². The van der Waals surface area contributed by atoms with Crippen LogP contribution in [0.4, 0.5) is 0 Å². The van der Waals surface area contributed by atoms with Crippen LogP contribution in [-0.2, 0) is 9.84 Å². The highest BCUT2D eigenvalue weighted by molar-refractivity contribution is 7.92. The lowest BCUT2D eigenvalue weighted by molar-refractivity contribution is 0.512. The highest BCUT2D eigenvalue weighted by atomic mass is 32.2. The number of hydrogen-bond acceptors (Lipinski definition) is 3. The van der Waals surface area contributed by atoms with Crippen molar-refractivity contribution in [2.24, 2.45) is 0 Å². The average Bonchev–Trinajstić information content (AvgIpc) is 2.54. The zero-order valence-corrected chi connectivity index (χ0v) is 12.3. The fraction of sp³-hybridized carbons (Fsp3) is 0.571. The molecule has 3 nitrogen and oxygen atoms in total. The highest BCUT2D eigenvalue weighted by Gasteiger charge is 2.45. The molecular weight excluding hydrogens is 246 g/mol. The minimum absolute atomic E-state index is 0.0650. The van der Waals surface area contributed by atoms with Crippen molar-refractivity contribution in [3.8, 4) is 0 Å². The van der Waals surface area contributed by atoms with Crippen LogP contribution < -0.4 is 5.32 Å². The molecule has 0 fully saturated rings. The monoisotopic (exact) mass is 267 g/mol. The van der Waals surface area contributed by atoms with Gasteiger partial charge >= 0.3 is 0 Å². The fourth-order valence-electron chi connectivity index (χ4n) is 3.02. The van der Waals surface area contributed by atoms with E-state index in [4.69, 9.17) is 0 Å². The summed E-state index contributed by atoms with van der Waals surface area (Å²) in [5, 5.41) is 2.88. The third kappa shape index (κ3) is 1.79. The molecular formula is C14H21NO2S. The van der Waals surface area contributed by atoms with E-state index in [1.165, 1.54) is 0 Å². The molecule has 2 rings (SSSR count). The lowest BCUT2D eigenvalue weighted by atomic mass is 9.95. The van der Waals surface area contributed by atoms with E-state index in [9.17, 15) is 8.42 Å². The van der Waals surface area contributed by atoms with Crippen molar-refractivity contribution in [1.29, 1.82) is 0 Å². The molecule has 0 radical (unpaired) electrons. The summed E-state index contributed by atoms with van der Waals surface area (Å²) in [6.07, 6.45) is 1.59. The third-order valence-corrected chi connectivity index (χ3v) is 6.28. The van der Waals surface area contributed by atoms with Gasteiger partial charge in [0.2, 0.25) is 0 Å². The standard InChI is InChI=1S/C14H21NO2S/c1-5-6-11-13(15-4)12-9(2)7-8-10(3)14(12)18(11,16)17/h7-8,11,13,15H,5-6H2,1-4H3. The molecule has 1 aliphatic rings. The first-order valence-corrected chi connectivity index (χ1v) is 8.01. The number of sulfone groups is 1. The lowest BCUT2D eigenvalue weighted by Gasteiger charge is -2.18. The second-order valence-electron chi connectivity index (χ2n) is 5.08. The number of nitrogens with one attached hydrogen (secondary N) is 1. The van der Waals surface area contributed by atoms with Crippen molar-refractivity contribution in [1.82, 2.24) is 5.32 Å². The van der Waals surface area contributed by atoms with Crippen molar-refractivity contribution in [3.05, 3.63) is 28.8 Å². The van der Waals surface area contributed by atoms with Gasteiger partial charge in [0.05, 0.1) is 16.2 Å². The predicted octanol–water partition coefficient (Wildman–Crippen LogP) is 2.52. The Morgan fingerprint density at radius 2 is 1.83 bits per heavy atom. The molecule has 1 N–H and O–H groups in total. The first-order valence-electron chi connectivity index (χ1n) is 6.46. The molecule has 0 saturated carbocycles. The van der Waals surface area contributed by atoms with Crippen LogP contribution in [0.5, 0.6) is 0 Å². The Morgan fingerprint density at radius 1 is 1.22 bits per heavy atom. The highest BCUT2D eigenvalue weighted by Crippen LogP contribution is 2.44. The Balaban J connectivity index is 2.72. The van der Waals surface area contributed by atoms with Crippen LogP contribution in [0.3, 0.4) is 0 Å². The number of aryl methyl sites for hydroxylation is 2. The number of benzene rings is 1. The molecule has 1 aromatic carbocycles. The predicted molar refractivity (Wildman–Crippen MR) is 73.6 cm³/mol. The number of rotatable bonds is 3. The molecule has 100 valence electrons. The second-order valence-corrected chi connectivity index (χ2v) is 7.18. The molecule has 0 saturated heterocycles. The summed E-state index contributed by atoms with van der Waals surface area (Å²) >= 11 is 0. The molecule has 0 aromatic heterocycles. The van der Waals surface area contributed by atoms with E-state index in [2.05, 4.69) is 5.32 Å². The smallest absolute Gasteiger partial charge is 0.183 e. The summed E-state index contributed by atoms with van der Waals surface area (Å²) in [7, 11) is -1.34. The van der Waals surface area contributed by atoms with Crippen LogP contribution in [0, 0.1) is 13.8 Å². The molecule has 4 heteroatoms. The van der Waals surface area contributed by atoms with Crippen LogP contribution in [0.25, 0.3) is 0 Å². The van der Waals surface area contributed by atoms with E-state index in [1.807, 2.05) is 40.0 Å². The zero-order chi connectivity index (χ0) is 13.5. The molecule has 1 aromatic rings. The van der Waals surface area contributed by atoms with Crippen LogP contribution in [0.1, 0.15) is 42.5 Å². The van der Waals surface area contributed by atoms with Gasteiger partial charge in [0, 0.05) is 0 Å². The Labute approximate surface area is 110 Å². The Kier molecular flexibility index (Phi) is 3.52. The largest absolute Gasteiger partial charge is 0.312 e. The van der Waals surface area contributed by atoms with Gasteiger partial charge in [-0.1, -0.05) is 25.5 Å². The van der Waals surface area contributed by atoms with E-state index in [1.54, 1.807) is 0 Å². The first-order chi connectivity index (χ1) is 8.45. The summed E-state index contributed by atoms with van der Waals surface area (Å²) in [5.74, 6) is 0. The minimum Gasteiger partial charge on any atom is -0.312 e. The lowest BCUT2D eigenvalue weighted by Crippen LogP contribution is -2.29. The number of fused-ring (bicyclic) bond motifs is 1. The van der Waals surface area contributed by atoms with Gasteiger partial charge in [0.1, 0.15) is 0 Å². The van der Waals surface area contributed by atoms with Gasteiger partial charge in [0.25, 0.3) is 0 Å². The van der Waals surface area contributed by atoms with Crippen LogP contribution in [0.15, 0.2) is 17.0 Å². The van der Waals surface area contributed by atoms with Crippen molar-refractivity contribution in [2.45, 2.75) is 49.8 Å². The maximum absolute atomic E-state index is 12.7. The van der Waals surface area contributed by atoms with Gasteiger partial charge in [-0.25, -0.2) is 8.42 Å². The van der Waals surface area contributed by atoms with Crippen molar-refractivity contribution < 1.29 is 8.42 Å². The summed E-state index contributed by atoms with van der Waals surface area (Å²) < 4.78 is 25.4. The Hall–Kier alpha value is -0.870.